The summed E-state index contributed by atoms with van der Waals surface area (Å²) in [6.45, 7) is 3.51. The third-order valence-corrected chi connectivity index (χ3v) is 5.86. The molecule has 3 aromatic carbocycles. The number of thioether (sulfide) groups is 1. The predicted octanol–water partition coefficient (Wildman–Crippen LogP) is 5.13. The number of anilines is 1. The second-order valence-electron chi connectivity index (χ2n) is 7.20. The lowest BCUT2D eigenvalue weighted by molar-refractivity contribution is -0.127. The molecule has 1 heterocycles. The fraction of sp³-hybridized carbons (Fsp3) is 0.125. The predicted molar refractivity (Wildman–Crippen MR) is 121 cm³/mol. The number of hydrogen-bond acceptors (Lipinski definition) is 4. The Bertz CT molecular complexity index is 1210. The molecule has 0 unspecified atom stereocenters. The van der Waals surface area contributed by atoms with E-state index in [9.17, 15) is 14.4 Å². The number of rotatable bonds is 4. The zero-order valence-corrected chi connectivity index (χ0v) is 17.5. The van der Waals surface area contributed by atoms with E-state index in [0.717, 1.165) is 44.1 Å². The summed E-state index contributed by atoms with van der Waals surface area (Å²) in [5, 5.41) is 4.41. The van der Waals surface area contributed by atoms with Crippen molar-refractivity contribution in [3.05, 3.63) is 82.3 Å². The van der Waals surface area contributed by atoms with Crippen LogP contribution in [-0.4, -0.2) is 28.5 Å². The molecule has 0 aliphatic carbocycles. The number of hydrogen-bond donors (Lipinski definition) is 1. The van der Waals surface area contributed by atoms with E-state index in [0.29, 0.717) is 10.6 Å². The highest BCUT2D eigenvalue weighted by molar-refractivity contribution is 8.18. The van der Waals surface area contributed by atoms with Gasteiger partial charge in [0.15, 0.2) is 0 Å². The van der Waals surface area contributed by atoms with Crippen molar-refractivity contribution in [2.75, 3.05) is 11.9 Å². The Morgan fingerprint density at radius 3 is 2.63 bits per heavy atom. The van der Waals surface area contributed by atoms with E-state index in [2.05, 4.69) is 5.32 Å². The normalized spacial score (nSPS) is 15.3. The van der Waals surface area contributed by atoms with Crippen LogP contribution in [0.4, 0.5) is 10.5 Å². The quantitative estimate of drug-likeness (QED) is 0.599. The summed E-state index contributed by atoms with van der Waals surface area (Å²) in [7, 11) is 0. The molecule has 0 atom stereocenters. The number of aryl methyl sites for hydroxylation is 2. The molecular formula is C24H20N2O3S. The van der Waals surface area contributed by atoms with Gasteiger partial charge in [0.25, 0.3) is 11.1 Å². The Kier molecular flexibility index (Phi) is 5.42. The van der Waals surface area contributed by atoms with E-state index in [1.54, 1.807) is 6.08 Å². The standard InChI is InChI=1S/C24H20N2O3S/c1-15-10-11-16(2)20(12-15)25-22(27)14-26-23(28)21(30-24(26)29)13-18-8-5-7-17-6-3-4-9-19(17)18/h3-13H,14H2,1-2H3,(H,25,27)/b21-13+. The highest BCUT2D eigenvalue weighted by Gasteiger charge is 2.36. The van der Waals surface area contributed by atoms with E-state index in [-0.39, 0.29) is 6.54 Å². The molecule has 4 rings (SSSR count). The van der Waals surface area contributed by atoms with E-state index in [4.69, 9.17) is 0 Å². The van der Waals surface area contributed by atoms with Crippen LogP contribution in [0, 0.1) is 13.8 Å². The van der Waals surface area contributed by atoms with Gasteiger partial charge in [-0.05, 0) is 65.2 Å². The molecule has 1 N–H and O–H groups in total. The maximum absolute atomic E-state index is 12.8. The van der Waals surface area contributed by atoms with Crippen LogP contribution >= 0.6 is 11.8 Å². The molecule has 150 valence electrons. The first kappa shape index (κ1) is 19.9. The molecule has 3 aromatic rings. The van der Waals surface area contributed by atoms with Gasteiger partial charge in [-0.1, -0.05) is 54.6 Å². The lowest BCUT2D eigenvalue weighted by atomic mass is 10.0. The van der Waals surface area contributed by atoms with Gasteiger partial charge >= 0.3 is 0 Å². The Hall–Kier alpha value is -3.38. The van der Waals surface area contributed by atoms with E-state index in [1.165, 1.54) is 0 Å². The highest BCUT2D eigenvalue weighted by Crippen LogP contribution is 2.33. The number of carbonyl (C=O) groups is 3. The third-order valence-electron chi connectivity index (χ3n) is 4.95. The first-order valence-electron chi connectivity index (χ1n) is 9.52. The fourth-order valence-corrected chi connectivity index (χ4v) is 4.19. The molecule has 0 radical (unpaired) electrons. The molecule has 0 bridgehead atoms. The average molecular weight is 417 g/mol. The molecule has 1 aliphatic rings. The number of imide groups is 1. The van der Waals surface area contributed by atoms with Gasteiger partial charge < -0.3 is 5.32 Å². The molecular weight excluding hydrogens is 396 g/mol. The van der Waals surface area contributed by atoms with Crippen molar-refractivity contribution in [1.29, 1.82) is 0 Å². The molecule has 1 fully saturated rings. The van der Waals surface area contributed by atoms with E-state index in [1.807, 2.05) is 74.5 Å². The summed E-state index contributed by atoms with van der Waals surface area (Å²) < 4.78 is 0. The van der Waals surface area contributed by atoms with Crippen LogP contribution in [0.2, 0.25) is 0 Å². The minimum absolute atomic E-state index is 0.315. The SMILES string of the molecule is Cc1ccc(C)c(NC(=O)CN2C(=O)S/C(=C/c3cccc4ccccc34)C2=O)c1. The number of benzene rings is 3. The Morgan fingerprint density at radius 2 is 1.80 bits per heavy atom. The molecule has 0 spiro atoms. The summed E-state index contributed by atoms with van der Waals surface area (Å²) in [5.74, 6) is -0.855. The maximum Gasteiger partial charge on any atom is 0.294 e. The van der Waals surface area contributed by atoms with Crippen molar-refractivity contribution in [1.82, 2.24) is 4.90 Å². The first-order chi connectivity index (χ1) is 14.4. The smallest absolute Gasteiger partial charge is 0.294 e. The lowest BCUT2D eigenvalue weighted by Gasteiger charge is -2.14. The van der Waals surface area contributed by atoms with Crippen molar-refractivity contribution in [2.24, 2.45) is 0 Å². The number of carbonyl (C=O) groups excluding carboxylic acids is 3. The van der Waals surface area contributed by atoms with Crippen LogP contribution in [-0.2, 0) is 9.59 Å². The summed E-state index contributed by atoms with van der Waals surface area (Å²) in [5.41, 5.74) is 3.47. The van der Waals surface area contributed by atoms with Gasteiger partial charge in [0.05, 0.1) is 4.91 Å². The molecule has 3 amide bonds. The van der Waals surface area contributed by atoms with Gasteiger partial charge in [0, 0.05) is 5.69 Å². The molecule has 5 nitrogen and oxygen atoms in total. The van der Waals surface area contributed by atoms with Crippen LogP contribution in [0.5, 0.6) is 0 Å². The monoisotopic (exact) mass is 416 g/mol. The number of fused-ring (bicyclic) bond motifs is 1. The van der Waals surface area contributed by atoms with Gasteiger partial charge in [-0.15, -0.1) is 0 Å². The topological polar surface area (TPSA) is 66.5 Å². The lowest BCUT2D eigenvalue weighted by Crippen LogP contribution is -2.36. The van der Waals surface area contributed by atoms with Crippen LogP contribution in [0.15, 0.2) is 65.6 Å². The molecule has 30 heavy (non-hydrogen) atoms. The second-order valence-corrected chi connectivity index (χ2v) is 8.20. The third kappa shape index (κ3) is 4.00. The zero-order valence-electron chi connectivity index (χ0n) is 16.6. The van der Waals surface area contributed by atoms with Gasteiger partial charge in [0.2, 0.25) is 5.91 Å². The second kappa shape index (κ2) is 8.16. The molecule has 1 aliphatic heterocycles. The van der Waals surface area contributed by atoms with Crippen molar-refractivity contribution in [2.45, 2.75) is 13.8 Å². The van der Waals surface area contributed by atoms with Crippen molar-refractivity contribution in [3.8, 4) is 0 Å². The molecule has 6 heteroatoms. The van der Waals surface area contributed by atoms with Crippen LogP contribution in [0.3, 0.4) is 0 Å². The van der Waals surface area contributed by atoms with Crippen molar-refractivity contribution in [3.63, 3.8) is 0 Å². The Balaban J connectivity index is 1.53. The van der Waals surface area contributed by atoms with E-state index < -0.39 is 17.1 Å². The maximum atomic E-state index is 12.8. The average Bonchev–Trinajstić information content (AvgIpc) is 2.98. The molecule has 1 saturated heterocycles. The number of nitrogens with one attached hydrogen (secondary N) is 1. The number of amides is 3. The summed E-state index contributed by atoms with van der Waals surface area (Å²) in [4.78, 5) is 39.0. The van der Waals surface area contributed by atoms with E-state index >= 15 is 0 Å². The van der Waals surface area contributed by atoms with Crippen LogP contribution in [0.25, 0.3) is 16.8 Å². The summed E-state index contributed by atoms with van der Waals surface area (Å²) in [6.07, 6.45) is 1.72. The molecule has 0 aromatic heterocycles. The minimum Gasteiger partial charge on any atom is -0.324 e. The van der Waals surface area contributed by atoms with Crippen LogP contribution in [0.1, 0.15) is 16.7 Å². The van der Waals surface area contributed by atoms with Gasteiger partial charge in [-0.25, -0.2) is 0 Å². The highest BCUT2D eigenvalue weighted by atomic mass is 32.2. The largest absolute Gasteiger partial charge is 0.324 e. The zero-order chi connectivity index (χ0) is 21.3. The Labute approximate surface area is 178 Å². The molecule has 0 saturated carbocycles. The number of nitrogens with zero attached hydrogens (tertiary/aromatic N) is 1. The van der Waals surface area contributed by atoms with Gasteiger partial charge in [-0.3, -0.25) is 19.3 Å². The summed E-state index contributed by atoms with van der Waals surface area (Å²) in [6, 6.07) is 19.4. The van der Waals surface area contributed by atoms with Crippen LogP contribution < -0.4 is 5.32 Å². The van der Waals surface area contributed by atoms with Crippen molar-refractivity contribution < 1.29 is 14.4 Å². The summed E-state index contributed by atoms with van der Waals surface area (Å²) >= 11 is 0.858. The Morgan fingerprint density at radius 1 is 1.03 bits per heavy atom. The minimum atomic E-state index is -0.450. The van der Waals surface area contributed by atoms with Gasteiger partial charge in [0.1, 0.15) is 6.54 Å². The first-order valence-corrected chi connectivity index (χ1v) is 10.3. The van der Waals surface area contributed by atoms with Gasteiger partial charge in [-0.2, -0.15) is 0 Å². The van der Waals surface area contributed by atoms with Crippen molar-refractivity contribution >= 4 is 51.4 Å². The fourth-order valence-electron chi connectivity index (χ4n) is 3.36.